The normalized spacial score (nSPS) is 24.4. The van der Waals surface area contributed by atoms with E-state index in [-0.39, 0.29) is 28.5 Å². The zero-order valence-electron chi connectivity index (χ0n) is 17.5. The van der Waals surface area contributed by atoms with Crippen LogP contribution in [0, 0.1) is 11.3 Å². The summed E-state index contributed by atoms with van der Waals surface area (Å²) < 4.78 is 42.8. The van der Waals surface area contributed by atoms with E-state index in [4.69, 9.17) is 0 Å². The molecule has 3 atom stereocenters. The van der Waals surface area contributed by atoms with Crippen LogP contribution in [0.15, 0.2) is 58.1 Å². The number of carbonyl (C=O) groups excluding carboxylic acids is 1. The lowest BCUT2D eigenvalue weighted by Crippen LogP contribution is -2.40. The molecule has 0 radical (unpaired) electrons. The van der Waals surface area contributed by atoms with Gasteiger partial charge in [-0.05, 0) is 41.7 Å². The van der Waals surface area contributed by atoms with Crippen molar-refractivity contribution in [3.05, 3.63) is 80.4 Å². The molecule has 2 aromatic carbocycles. The molecule has 1 saturated carbocycles. The molecule has 3 unspecified atom stereocenters. The molecule has 1 aliphatic carbocycles. The maximum atomic E-state index is 13.5. The maximum absolute atomic E-state index is 13.5. The zero-order chi connectivity index (χ0) is 23.0. The summed E-state index contributed by atoms with van der Waals surface area (Å²) in [5, 5.41) is 0.434. The van der Waals surface area contributed by atoms with E-state index in [0.717, 1.165) is 12.1 Å². The number of carbonyl (C=O) groups is 1. The quantitative estimate of drug-likeness (QED) is 0.564. The summed E-state index contributed by atoms with van der Waals surface area (Å²) in [6.07, 6.45) is -3.86. The Hall–Kier alpha value is -3.16. The highest BCUT2D eigenvalue weighted by Crippen LogP contribution is 2.51. The van der Waals surface area contributed by atoms with Crippen molar-refractivity contribution in [3.8, 4) is 0 Å². The van der Waals surface area contributed by atoms with Crippen LogP contribution in [0.1, 0.15) is 49.9 Å². The number of Topliss-reactive ketones (excluding diaryl/α,β-unsaturated/α-hetero) is 1. The highest BCUT2D eigenvalue weighted by Gasteiger charge is 2.52. The molecule has 0 bridgehead atoms. The molecule has 0 N–H and O–H groups in total. The Labute approximate surface area is 181 Å². The SMILES string of the molecule is CC1(C)CC(=O)C2C(C1)n1c(=O)c3ccccc3c(=O)n1C2c1cccc(C(F)(F)F)c1. The summed E-state index contributed by atoms with van der Waals surface area (Å²) >= 11 is 0. The first-order valence-corrected chi connectivity index (χ1v) is 10.5. The Morgan fingerprint density at radius 3 is 2.16 bits per heavy atom. The van der Waals surface area contributed by atoms with Gasteiger partial charge in [0.05, 0.1) is 34.3 Å². The molecule has 0 saturated heterocycles. The summed E-state index contributed by atoms with van der Waals surface area (Å²) in [5.74, 6) is -0.929. The number of nitrogens with zero attached hydrogens (tertiary/aromatic N) is 2. The number of hydrogen-bond acceptors (Lipinski definition) is 3. The van der Waals surface area contributed by atoms with Gasteiger partial charge in [-0.1, -0.05) is 38.1 Å². The lowest BCUT2D eigenvalue weighted by Gasteiger charge is -2.37. The fourth-order valence-electron chi connectivity index (χ4n) is 5.46. The molecule has 1 aliphatic heterocycles. The van der Waals surface area contributed by atoms with E-state index in [2.05, 4.69) is 0 Å². The highest BCUT2D eigenvalue weighted by atomic mass is 19.4. The van der Waals surface area contributed by atoms with E-state index in [1.807, 2.05) is 13.8 Å². The average Bonchev–Trinajstić information content (AvgIpc) is 3.06. The molecule has 8 heteroatoms. The zero-order valence-corrected chi connectivity index (χ0v) is 17.5. The van der Waals surface area contributed by atoms with Crippen LogP contribution in [-0.2, 0) is 11.0 Å². The van der Waals surface area contributed by atoms with Crippen molar-refractivity contribution in [1.82, 2.24) is 9.36 Å². The van der Waals surface area contributed by atoms with Gasteiger partial charge in [-0.25, -0.2) is 9.36 Å². The Morgan fingerprint density at radius 2 is 1.53 bits per heavy atom. The van der Waals surface area contributed by atoms with Crippen LogP contribution in [-0.4, -0.2) is 15.1 Å². The van der Waals surface area contributed by atoms with Crippen molar-refractivity contribution in [2.24, 2.45) is 11.3 Å². The van der Waals surface area contributed by atoms with Crippen LogP contribution in [0.5, 0.6) is 0 Å². The van der Waals surface area contributed by atoms with Crippen molar-refractivity contribution in [2.45, 2.75) is 44.9 Å². The second-order valence-corrected chi connectivity index (χ2v) is 9.52. The number of alkyl halides is 3. The van der Waals surface area contributed by atoms with Crippen LogP contribution >= 0.6 is 0 Å². The van der Waals surface area contributed by atoms with Crippen molar-refractivity contribution < 1.29 is 18.0 Å². The first-order chi connectivity index (χ1) is 15.0. The third kappa shape index (κ3) is 2.96. The van der Waals surface area contributed by atoms with Gasteiger partial charge in [0, 0.05) is 6.42 Å². The lowest BCUT2D eigenvalue weighted by molar-refractivity contribution is -0.137. The van der Waals surface area contributed by atoms with Crippen LogP contribution < -0.4 is 11.1 Å². The second kappa shape index (κ2) is 6.67. The lowest BCUT2D eigenvalue weighted by atomic mass is 9.67. The van der Waals surface area contributed by atoms with Gasteiger partial charge in [-0.2, -0.15) is 13.2 Å². The molecule has 1 fully saturated rings. The molecule has 3 aromatic rings. The summed E-state index contributed by atoms with van der Waals surface area (Å²) in [7, 11) is 0. The first kappa shape index (κ1) is 20.7. The third-order valence-corrected chi connectivity index (χ3v) is 6.71. The molecule has 32 heavy (non-hydrogen) atoms. The summed E-state index contributed by atoms with van der Waals surface area (Å²) in [6, 6.07) is 9.52. The summed E-state index contributed by atoms with van der Waals surface area (Å²) in [6.45, 7) is 3.85. The Balaban J connectivity index is 1.85. The Kier molecular flexibility index (Phi) is 4.32. The molecular weight excluding hydrogens is 421 g/mol. The predicted octanol–water partition coefficient (Wildman–Crippen LogP) is 4.33. The van der Waals surface area contributed by atoms with Crippen molar-refractivity contribution in [1.29, 1.82) is 0 Å². The van der Waals surface area contributed by atoms with E-state index in [9.17, 15) is 27.6 Å². The van der Waals surface area contributed by atoms with E-state index >= 15 is 0 Å². The van der Waals surface area contributed by atoms with Crippen LogP contribution in [0.2, 0.25) is 0 Å². The molecule has 0 amide bonds. The van der Waals surface area contributed by atoms with Gasteiger partial charge in [-0.3, -0.25) is 14.4 Å². The molecule has 166 valence electrons. The third-order valence-electron chi connectivity index (χ3n) is 6.71. The standard InChI is InChI=1S/C24H21F3N2O3/c1-23(2)11-17-19(18(30)12-23)20(13-6-5-7-14(10-13)24(25,26)27)29-22(32)16-9-4-3-8-15(16)21(31)28(17)29/h3-10,17,19-20H,11-12H2,1-2H3. The van der Waals surface area contributed by atoms with Crippen LogP contribution in [0.3, 0.4) is 0 Å². The summed E-state index contributed by atoms with van der Waals surface area (Å²) in [5.41, 5.74) is -1.94. The Morgan fingerprint density at radius 1 is 0.906 bits per heavy atom. The number of hydrogen-bond donors (Lipinski definition) is 0. The summed E-state index contributed by atoms with van der Waals surface area (Å²) in [4.78, 5) is 40.3. The van der Waals surface area contributed by atoms with Gasteiger partial charge in [0.1, 0.15) is 5.78 Å². The van der Waals surface area contributed by atoms with E-state index in [0.29, 0.717) is 6.42 Å². The molecule has 5 nitrogen and oxygen atoms in total. The van der Waals surface area contributed by atoms with E-state index in [1.54, 1.807) is 18.2 Å². The van der Waals surface area contributed by atoms with Gasteiger partial charge in [0.25, 0.3) is 11.1 Å². The van der Waals surface area contributed by atoms with Crippen LogP contribution in [0.4, 0.5) is 13.2 Å². The van der Waals surface area contributed by atoms with Crippen molar-refractivity contribution in [3.63, 3.8) is 0 Å². The van der Waals surface area contributed by atoms with Crippen LogP contribution in [0.25, 0.3) is 10.8 Å². The van der Waals surface area contributed by atoms with Gasteiger partial charge < -0.3 is 0 Å². The number of aromatic nitrogens is 2. The average molecular weight is 442 g/mol. The maximum Gasteiger partial charge on any atom is 0.416 e. The monoisotopic (exact) mass is 442 g/mol. The number of benzene rings is 2. The molecule has 2 aliphatic rings. The largest absolute Gasteiger partial charge is 0.416 e. The fraction of sp³-hybridized carbons (Fsp3) is 0.375. The minimum atomic E-state index is -4.57. The molecule has 5 rings (SSSR count). The minimum absolute atomic E-state index is 0.146. The number of halogens is 3. The molecule has 2 heterocycles. The Bertz CT molecular complexity index is 1380. The van der Waals surface area contributed by atoms with Crippen molar-refractivity contribution >= 4 is 16.6 Å². The second-order valence-electron chi connectivity index (χ2n) is 9.52. The van der Waals surface area contributed by atoms with Gasteiger partial charge in [-0.15, -0.1) is 0 Å². The van der Waals surface area contributed by atoms with Gasteiger partial charge >= 0.3 is 6.18 Å². The minimum Gasteiger partial charge on any atom is -0.299 e. The molecule has 1 aromatic heterocycles. The number of rotatable bonds is 1. The molecular formula is C24H21F3N2O3. The smallest absolute Gasteiger partial charge is 0.299 e. The topological polar surface area (TPSA) is 61.1 Å². The molecule has 0 spiro atoms. The number of ketones is 1. The predicted molar refractivity (Wildman–Crippen MR) is 113 cm³/mol. The highest BCUT2D eigenvalue weighted by molar-refractivity contribution is 5.85. The van der Waals surface area contributed by atoms with Gasteiger partial charge in [0.15, 0.2) is 0 Å². The van der Waals surface area contributed by atoms with Gasteiger partial charge in [0.2, 0.25) is 0 Å². The van der Waals surface area contributed by atoms with Crippen molar-refractivity contribution in [2.75, 3.05) is 0 Å². The van der Waals surface area contributed by atoms with E-state index < -0.39 is 46.3 Å². The first-order valence-electron chi connectivity index (χ1n) is 10.5. The fourth-order valence-corrected chi connectivity index (χ4v) is 5.46. The number of fused-ring (bicyclic) bond motifs is 4. The van der Waals surface area contributed by atoms with E-state index in [1.165, 1.54) is 27.6 Å².